The molecule has 0 amide bonds. The average Bonchev–Trinajstić information content (AvgIpc) is 2.82. The third-order valence-corrected chi connectivity index (χ3v) is 3.74. The molecule has 0 aliphatic heterocycles. The van der Waals surface area contributed by atoms with Gasteiger partial charge in [0, 0.05) is 12.6 Å². The summed E-state index contributed by atoms with van der Waals surface area (Å²) in [5, 5.41) is 0.855. The number of halogens is 2. The standard InChI is InChI=1S/C13H19Cl2N3/c1-9(2)8-18(10-5-3-4-6-10)12-11(14)7-16-13(15)17-12/h7,9-10H,3-6,8H2,1-2H3. The molecule has 2 rings (SSSR count). The summed E-state index contributed by atoms with van der Waals surface area (Å²) >= 11 is 12.1. The number of hydrogen-bond donors (Lipinski definition) is 0. The Hall–Kier alpha value is -0.540. The first-order chi connectivity index (χ1) is 8.58. The van der Waals surface area contributed by atoms with Crippen molar-refractivity contribution in [2.75, 3.05) is 11.4 Å². The largest absolute Gasteiger partial charge is 0.352 e. The highest BCUT2D eigenvalue weighted by atomic mass is 35.5. The Kier molecular flexibility index (Phi) is 4.68. The molecule has 0 unspecified atom stereocenters. The fraction of sp³-hybridized carbons (Fsp3) is 0.692. The Morgan fingerprint density at radius 3 is 2.61 bits per heavy atom. The normalized spacial score (nSPS) is 16.5. The van der Waals surface area contributed by atoms with Gasteiger partial charge < -0.3 is 4.90 Å². The fourth-order valence-corrected chi connectivity index (χ4v) is 2.89. The molecule has 1 heterocycles. The van der Waals surface area contributed by atoms with E-state index in [4.69, 9.17) is 23.2 Å². The Morgan fingerprint density at radius 2 is 2.00 bits per heavy atom. The van der Waals surface area contributed by atoms with Crippen molar-refractivity contribution >= 4 is 29.0 Å². The van der Waals surface area contributed by atoms with Crippen LogP contribution in [-0.2, 0) is 0 Å². The maximum atomic E-state index is 6.23. The maximum Gasteiger partial charge on any atom is 0.224 e. The van der Waals surface area contributed by atoms with E-state index in [2.05, 4.69) is 28.7 Å². The van der Waals surface area contributed by atoms with Gasteiger partial charge in [-0.2, -0.15) is 4.98 Å². The minimum absolute atomic E-state index is 0.265. The Labute approximate surface area is 119 Å². The molecule has 1 saturated carbocycles. The molecule has 1 aliphatic rings. The van der Waals surface area contributed by atoms with Crippen LogP contribution in [0.1, 0.15) is 39.5 Å². The Bertz CT molecular complexity index is 403. The molecule has 0 bridgehead atoms. The molecule has 1 aliphatic carbocycles. The van der Waals surface area contributed by atoms with E-state index in [1.54, 1.807) is 6.20 Å². The van der Waals surface area contributed by atoms with Gasteiger partial charge in [-0.1, -0.05) is 38.3 Å². The molecule has 0 spiro atoms. The summed E-state index contributed by atoms with van der Waals surface area (Å²) in [7, 11) is 0. The summed E-state index contributed by atoms with van der Waals surface area (Å²) in [6.45, 7) is 5.37. The molecule has 0 N–H and O–H groups in total. The topological polar surface area (TPSA) is 29.0 Å². The molecule has 0 atom stereocenters. The highest BCUT2D eigenvalue weighted by molar-refractivity contribution is 6.33. The van der Waals surface area contributed by atoms with E-state index < -0.39 is 0 Å². The predicted octanol–water partition coefficient (Wildman–Crippen LogP) is 4.19. The quantitative estimate of drug-likeness (QED) is 0.778. The summed E-state index contributed by atoms with van der Waals surface area (Å²) in [4.78, 5) is 10.6. The van der Waals surface area contributed by atoms with Gasteiger partial charge in [-0.05, 0) is 30.4 Å². The van der Waals surface area contributed by atoms with Gasteiger partial charge >= 0.3 is 0 Å². The lowest BCUT2D eigenvalue weighted by molar-refractivity contribution is 0.531. The van der Waals surface area contributed by atoms with Crippen LogP contribution in [0.3, 0.4) is 0 Å². The van der Waals surface area contributed by atoms with Crippen LogP contribution in [0.25, 0.3) is 0 Å². The molecule has 0 aromatic carbocycles. The monoisotopic (exact) mass is 287 g/mol. The highest BCUT2D eigenvalue weighted by Crippen LogP contribution is 2.32. The molecular weight excluding hydrogens is 269 g/mol. The van der Waals surface area contributed by atoms with E-state index in [9.17, 15) is 0 Å². The van der Waals surface area contributed by atoms with Crippen LogP contribution in [0.15, 0.2) is 6.20 Å². The molecule has 3 nitrogen and oxygen atoms in total. The number of aromatic nitrogens is 2. The third kappa shape index (κ3) is 3.27. The van der Waals surface area contributed by atoms with Crippen molar-refractivity contribution in [3.63, 3.8) is 0 Å². The van der Waals surface area contributed by atoms with Gasteiger partial charge in [0.15, 0.2) is 5.82 Å². The minimum atomic E-state index is 0.265. The second-order valence-corrected chi connectivity index (χ2v) is 6.04. The SMILES string of the molecule is CC(C)CN(c1nc(Cl)ncc1Cl)C1CCCC1. The van der Waals surface area contributed by atoms with Crippen LogP contribution >= 0.6 is 23.2 Å². The van der Waals surface area contributed by atoms with Crippen molar-refractivity contribution < 1.29 is 0 Å². The van der Waals surface area contributed by atoms with Crippen molar-refractivity contribution in [2.45, 2.75) is 45.6 Å². The van der Waals surface area contributed by atoms with E-state index in [0.717, 1.165) is 12.4 Å². The van der Waals surface area contributed by atoms with Crippen LogP contribution in [0.4, 0.5) is 5.82 Å². The first-order valence-electron chi connectivity index (χ1n) is 6.52. The molecule has 1 fully saturated rings. The summed E-state index contributed by atoms with van der Waals surface area (Å²) < 4.78 is 0. The average molecular weight is 288 g/mol. The first-order valence-corrected chi connectivity index (χ1v) is 7.28. The fourth-order valence-electron chi connectivity index (χ4n) is 2.56. The molecule has 18 heavy (non-hydrogen) atoms. The molecule has 0 saturated heterocycles. The number of hydrogen-bond acceptors (Lipinski definition) is 3. The lowest BCUT2D eigenvalue weighted by atomic mass is 10.1. The second-order valence-electron chi connectivity index (χ2n) is 5.30. The molecule has 1 aromatic rings. The van der Waals surface area contributed by atoms with Crippen molar-refractivity contribution in [3.05, 3.63) is 16.5 Å². The zero-order valence-corrected chi connectivity index (χ0v) is 12.4. The van der Waals surface area contributed by atoms with Crippen molar-refractivity contribution in [1.82, 2.24) is 9.97 Å². The highest BCUT2D eigenvalue weighted by Gasteiger charge is 2.26. The first kappa shape index (κ1) is 13.9. The van der Waals surface area contributed by atoms with Crippen LogP contribution in [-0.4, -0.2) is 22.6 Å². The van der Waals surface area contributed by atoms with E-state index in [1.165, 1.54) is 25.7 Å². The summed E-state index contributed by atoms with van der Waals surface area (Å²) in [6, 6.07) is 0.538. The number of rotatable bonds is 4. The van der Waals surface area contributed by atoms with E-state index in [0.29, 0.717) is 17.0 Å². The van der Waals surface area contributed by atoms with Gasteiger partial charge in [0.25, 0.3) is 0 Å². The van der Waals surface area contributed by atoms with Crippen molar-refractivity contribution in [1.29, 1.82) is 0 Å². The van der Waals surface area contributed by atoms with E-state index in [1.807, 2.05) is 0 Å². The molecule has 1 aromatic heterocycles. The third-order valence-electron chi connectivity index (χ3n) is 3.30. The molecule has 0 radical (unpaired) electrons. The summed E-state index contributed by atoms with van der Waals surface area (Å²) in [6.07, 6.45) is 6.59. The molecule has 100 valence electrons. The van der Waals surface area contributed by atoms with Gasteiger partial charge in [0.2, 0.25) is 5.28 Å². The summed E-state index contributed by atoms with van der Waals surface area (Å²) in [5.41, 5.74) is 0. The maximum absolute atomic E-state index is 6.23. The smallest absolute Gasteiger partial charge is 0.224 e. The Morgan fingerprint density at radius 1 is 1.33 bits per heavy atom. The number of anilines is 1. The van der Waals surface area contributed by atoms with Crippen LogP contribution in [0.2, 0.25) is 10.3 Å². The predicted molar refractivity (Wildman–Crippen MR) is 76.5 cm³/mol. The van der Waals surface area contributed by atoms with Gasteiger partial charge in [-0.15, -0.1) is 0 Å². The van der Waals surface area contributed by atoms with E-state index in [-0.39, 0.29) is 5.28 Å². The summed E-state index contributed by atoms with van der Waals surface area (Å²) in [5.74, 6) is 1.35. The van der Waals surface area contributed by atoms with Gasteiger partial charge in [0.05, 0.1) is 6.20 Å². The zero-order valence-electron chi connectivity index (χ0n) is 10.9. The van der Waals surface area contributed by atoms with E-state index >= 15 is 0 Å². The van der Waals surface area contributed by atoms with Crippen LogP contribution < -0.4 is 4.90 Å². The zero-order chi connectivity index (χ0) is 13.1. The van der Waals surface area contributed by atoms with Gasteiger partial charge in [-0.25, -0.2) is 4.98 Å². The number of nitrogens with zero attached hydrogens (tertiary/aromatic N) is 3. The molecular formula is C13H19Cl2N3. The van der Waals surface area contributed by atoms with Crippen LogP contribution in [0, 0.1) is 5.92 Å². The lowest BCUT2D eigenvalue weighted by Gasteiger charge is -2.32. The van der Waals surface area contributed by atoms with Gasteiger partial charge in [-0.3, -0.25) is 0 Å². The Balaban J connectivity index is 2.29. The lowest BCUT2D eigenvalue weighted by Crippen LogP contribution is -2.37. The molecule has 5 heteroatoms. The van der Waals surface area contributed by atoms with Gasteiger partial charge in [0.1, 0.15) is 5.02 Å². The van der Waals surface area contributed by atoms with Crippen LogP contribution in [0.5, 0.6) is 0 Å². The van der Waals surface area contributed by atoms with Crippen molar-refractivity contribution in [3.8, 4) is 0 Å². The second kappa shape index (κ2) is 6.07. The van der Waals surface area contributed by atoms with Crippen molar-refractivity contribution in [2.24, 2.45) is 5.92 Å². The minimum Gasteiger partial charge on any atom is -0.352 e.